The lowest BCUT2D eigenvalue weighted by atomic mass is 10.1. The van der Waals surface area contributed by atoms with Gasteiger partial charge in [-0.05, 0) is 65.1 Å². The second-order valence-corrected chi connectivity index (χ2v) is 5.84. The zero-order valence-electron chi connectivity index (χ0n) is 12.4. The monoisotopic (exact) mass is 347 g/mol. The van der Waals surface area contributed by atoms with Crippen LogP contribution in [0.3, 0.4) is 0 Å². The molecular weight excluding hydrogens is 326 g/mol. The van der Waals surface area contributed by atoms with Crippen LogP contribution in [0.4, 0.5) is 0 Å². The van der Waals surface area contributed by atoms with Crippen LogP contribution in [0.2, 0.25) is 0 Å². The third-order valence-corrected chi connectivity index (χ3v) is 3.99. The summed E-state index contributed by atoms with van der Waals surface area (Å²) in [5.74, 6) is 0.886. The molecule has 0 amide bonds. The van der Waals surface area contributed by atoms with Gasteiger partial charge in [0.05, 0.1) is 4.47 Å². The van der Waals surface area contributed by atoms with E-state index < -0.39 is 0 Å². The molecule has 2 aromatic rings. The summed E-state index contributed by atoms with van der Waals surface area (Å²) >= 11 is 3.51. The van der Waals surface area contributed by atoms with Gasteiger partial charge < -0.3 is 10.1 Å². The molecule has 21 heavy (non-hydrogen) atoms. The number of halogens is 1. The molecule has 0 saturated heterocycles. The molecule has 2 aromatic carbocycles. The summed E-state index contributed by atoms with van der Waals surface area (Å²) in [5.41, 5.74) is 2.61. The third kappa shape index (κ3) is 5.18. The average Bonchev–Trinajstić information content (AvgIpc) is 2.52. The maximum atomic E-state index is 5.92. The minimum Gasteiger partial charge on any atom is -0.488 e. The summed E-state index contributed by atoms with van der Waals surface area (Å²) in [7, 11) is 0. The molecule has 0 fully saturated rings. The van der Waals surface area contributed by atoms with Crippen molar-refractivity contribution >= 4 is 15.9 Å². The number of rotatable bonds is 8. The van der Waals surface area contributed by atoms with Crippen molar-refractivity contribution in [3.05, 3.63) is 64.1 Å². The van der Waals surface area contributed by atoms with E-state index in [9.17, 15) is 0 Å². The number of benzene rings is 2. The number of para-hydroxylation sites is 1. The highest BCUT2D eigenvalue weighted by atomic mass is 79.9. The second-order valence-electron chi connectivity index (χ2n) is 4.99. The molecule has 0 spiro atoms. The Bertz CT molecular complexity index is 556. The molecule has 0 aromatic heterocycles. The fourth-order valence-corrected chi connectivity index (χ4v) is 2.58. The van der Waals surface area contributed by atoms with Crippen molar-refractivity contribution in [2.24, 2.45) is 0 Å². The molecular formula is C18H22BrNO. The summed E-state index contributed by atoms with van der Waals surface area (Å²) < 4.78 is 6.92. The lowest BCUT2D eigenvalue weighted by molar-refractivity contribution is 0.303. The SMILES string of the molecule is CCCNCCc1ccccc1COc1ccccc1Br. The molecule has 0 radical (unpaired) electrons. The van der Waals surface area contributed by atoms with Crippen LogP contribution in [0, 0.1) is 0 Å². The van der Waals surface area contributed by atoms with Crippen molar-refractivity contribution in [3.8, 4) is 5.75 Å². The minimum absolute atomic E-state index is 0.604. The van der Waals surface area contributed by atoms with Gasteiger partial charge in [-0.15, -0.1) is 0 Å². The first-order valence-electron chi connectivity index (χ1n) is 7.46. The first-order valence-corrected chi connectivity index (χ1v) is 8.25. The Kier molecular flexibility index (Phi) is 6.77. The Hall–Kier alpha value is -1.32. The third-order valence-electron chi connectivity index (χ3n) is 3.34. The Morgan fingerprint density at radius 1 is 0.952 bits per heavy atom. The predicted octanol–water partition coefficient (Wildman–Crippen LogP) is 4.57. The van der Waals surface area contributed by atoms with Gasteiger partial charge in [-0.3, -0.25) is 0 Å². The highest BCUT2D eigenvalue weighted by molar-refractivity contribution is 9.10. The molecule has 2 rings (SSSR count). The summed E-state index contributed by atoms with van der Waals surface area (Å²) in [6.07, 6.45) is 2.21. The fraction of sp³-hybridized carbons (Fsp3) is 0.333. The Morgan fingerprint density at radius 2 is 1.67 bits per heavy atom. The molecule has 0 atom stereocenters. The van der Waals surface area contributed by atoms with Gasteiger partial charge in [-0.1, -0.05) is 43.3 Å². The molecule has 0 aliphatic carbocycles. The lowest BCUT2D eigenvalue weighted by Gasteiger charge is -2.12. The summed E-state index contributed by atoms with van der Waals surface area (Å²) in [6.45, 7) is 4.88. The van der Waals surface area contributed by atoms with E-state index >= 15 is 0 Å². The molecule has 0 aliphatic heterocycles. The van der Waals surface area contributed by atoms with E-state index in [1.165, 1.54) is 17.5 Å². The van der Waals surface area contributed by atoms with E-state index in [2.05, 4.69) is 52.4 Å². The van der Waals surface area contributed by atoms with Crippen LogP contribution in [0.1, 0.15) is 24.5 Å². The molecule has 3 heteroatoms. The van der Waals surface area contributed by atoms with Crippen LogP contribution < -0.4 is 10.1 Å². The first-order chi connectivity index (χ1) is 10.3. The van der Waals surface area contributed by atoms with Gasteiger partial charge in [0.1, 0.15) is 12.4 Å². The minimum atomic E-state index is 0.604. The van der Waals surface area contributed by atoms with E-state index in [0.717, 1.165) is 29.7 Å². The van der Waals surface area contributed by atoms with Crippen LogP contribution in [0.15, 0.2) is 53.0 Å². The molecule has 112 valence electrons. The summed E-state index contributed by atoms with van der Waals surface area (Å²) in [4.78, 5) is 0. The lowest BCUT2D eigenvalue weighted by Crippen LogP contribution is -2.18. The molecule has 0 aliphatic rings. The van der Waals surface area contributed by atoms with Crippen LogP contribution in [-0.2, 0) is 13.0 Å². The predicted molar refractivity (Wildman–Crippen MR) is 91.8 cm³/mol. The van der Waals surface area contributed by atoms with Gasteiger partial charge in [0.25, 0.3) is 0 Å². The Balaban J connectivity index is 1.95. The molecule has 1 N–H and O–H groups in total. The zero-order valence-corrected chi connectivity index (χ0v) is 14.0. The maximum Gasteiger partial charge on any atom is 0.133 e. The van der Waals surface area contributed by atoms with Gasteiger partial charge in [-0.2, -0.15) is 0 Å². The molecule has 0 heterocycles. The van der Waals surface area contributed by atoms with Gasteiger partial charge in [-0.25, -0.2) is 0 Å². The Morgan fingerprint density at radius 3 is 2.43 bits per heavy atom. The van der Waals surface area contributed by atoms with E-state index in [-0.39, 0.29) is 0 Å². The van der Waals surface area contributed by atoms with Gasteiger partial charge in [0, 0.05) is 0 Å². The maximum absolute atomic E-state index is 5.92. The fourth-order valence-electron chi connectivity index (χ4n) is 2.18. The smallest absolute Gasteiger partial charge is 0.133 e. The normalized spacial score (nSPS) is 10.6. The van der Waals surface area contributed by atoms with Crippen LogP contribution in [0.5, 0.6) is 5.75 Å². The van der Waals surface area contributed by atoms with E-state index in [0.29, 0.717) is 6.61 Å². The van der Waals surface area contributed by atoms with Gasteiger partial charge in [0.2, 0.25) is 0 Å². The Labute approximate surface area is 135 Å². The van der Waals surface area contributed by atoms with Crippen LogP contribution in [0.25, 0.3) is 0 Å². The van der Waals surface area contributed by atoms with Crippen molar-refractivity contribution in [1.82, 2.24) is 5.32 Å². The number of ether oxygens (including phenoxy) is 1. The van der Waals surface area contributed by atoms with Crippen molar-refractivity contribution in [1.29, 1.82) is 0 Å². The average molecular weight is 348 g/mol. The molecule has 0 bridgehead atoms. The topological polar surface area (TPSA) is 21.3 Å². The van der Waals surface area contributed by atoms with Gasteiger partial charge in [0.15, 0.2) is 0 Å². The van der Waals surface area contributed by atoms with Gasteiger partial charge >= 0.3 is 0 Å². The highest BCUT2D eigenvalue weighted by Gasteiger charge is 2.04. The molecule has 0 saturated carbocycles. The van der Waals surface area contributed by atoms with E-state index in [1.54, 1.807) is 0 Å². The van der Waals surface area contributed by atoms with Crippen LogP contribution >= 0.6 is 15.9 Å². The second kappa shape index (κ2) is 8.85. The summed E-state index contributed by atoms with van der Waals surface area (Å²) in [5, 5.41) is 3.45. The molecule has 0 unspecified atom stereocenters. The van der Waals surface area contributed by atoms with Crippen molar-refractivity contribution in [3.63, 3.8) is 0 Å². The van der Waals surface area contributed by atoms with Crippen molar-refractivity contribution in [2.75, 3.05) is 13.1 Å². The standard InChI is InChI=1S/C18H22BrNO/c1-2-12-20-13-11-15-7-3-4-8-16(15)14-21-18-10-6-5-9-17(18)19/h3-10,20H,2,11-14H2,1H3. The zero-order chi connectivity index (χ0) is 14.9. The quantitative estimate of drug-likeness (QED) is 0.706. The largest absolute Gasteiger partial charge is 0.488 e. The van der Waals surface area contributed by atoms with E-state index in [1.807, 2.05) is 24.3 Å². The first kappa shape index (κ1) is 16.1. The number of hydrogen-bond acceptors (Lipinski definition) is 2. The number of hydrogen-bond donors (Lipinski definition) is 1. The van der Waals surface area contributed by atoms with Crippen molar-refractivity contribution < 1.29 is 4.74 Å². The molecule has 2 nitrogen and oxygen atoms in total. The van der Waals surface area contributed by atoms with E-state index in [4.69, 9.17) is 4.74 Å². The summed E-state index contributed by atoms with van der Waals surface area (Å²) in [6, 6.07) is 16.5. The highest BCUT2D eigenvalue weighted by Crippen LogP contribution is 2.25. The number of nitrogens with one attached hydrogen (secondary N) is 1. The van der Waals surface area contributed by atoms with Crippen LogP contribution in [-0.4, -0.2) is 13.1 Å². The van der Waals surface area contributed by atoms with Crippen molar-refractivity contribution in [2.45, 2.75) is 26.4 Å².